The fourth-order valence-corrected chi connectivity index (χ4v) is 3.34. The third-order valence-corrected chi connectivity index (χ3v) is 5.07. The summed E-state index contributed by atoms with van der Waals surface area (Å²) in [6.07, 6.45) is 6.52. The Bertz CT molecular complexity index is 581. The second-order valence-corrected chi connectivity index (χ2v) is 6.66. The molecular weight excluding hydrogens is 266 g/mol. The van der Waals surface area contributed by atoms with Gasteiger partial charge in [0.2, 0.25) is 10.0 Å². The van der Waals surface area contributed by atoms with Crippen molar-refractivity contribution in [1.29, 1.82) is 0 Å². The van der Waals surface area contributed by atoms with Gasteiger partial charge in [-0.15, -0.1) is 0 Å². The summed E-state index contributed by atoms with van der Waals surface area (Å²) in [5.74, 6) is 0.683. The topological polar surface area (TPSA) is 77.1 Å². The molecule has 1 N–H and O–H groups in total. The molecule has 7 heteroatoms. The van der Waals surface area contributed by atoms with Crippen molar-refractivity contribution in [3.8, 4) is 0 Å². The van der Waals surface area contributed by atoms with Gasteiger partial charge in [0.1, 0.15) is 11.8 Å². The van der Waals surface area contributed by atoms with Gasteiger partial charge in [0.25, 0.3) is 0 Å². The molecule has 102 valence electrons. The van der Waals surface area contributed by atoms with Gasteiger partial charge in [0.15, 0.2) is 0 Å². The van der Waals surface area contributed by atoms with E-state index in [2.05, 4.69) is 9.82 Å². The number of nitrogens with one attached hydrogen (secondary N) is 1. The van der Waals surface area contributed by atoms with E-state index >= 15 is 0 Å². The molecule has 0 spiro atoms. The minimum Gasteiger partial charge on any atom is -0.467 e. The van der Waals surface area contributed by atoms with Crippen molar-refractivity contribution in [3.63, 3.8) is 0 Å². The summed E-state index contributed by atoms with van der Waals surface area (Å²) < 4.78 is 33.4. The lowest BCUT2D eigenvalue weighted by Gasteiger charge is -2.16. The van der Waals surface area contributed by atoms with Crippen LogP contribution in [-0.4, -0.2) is 30.0 Å². The van der Waals surface area contributed by atoms with E-state index in [0.29, 0.717) is 5.76 Å². The largest absolute Gasteiger partial charge is 0.467 e. The van der Waals surface area contributed by atoms with Gasteiger partial charge in [-0.25, -0.2) is 13.1 Å². The maximum absolute atomic E-state index is 11.9. The van der Waals surface area contributed by atoms with Gasteiger partial charge in [0.05, 0.1) is 11.5 Å². The minimum atomic E-state index is -3.20. The van der Waals surface area contributed by atoms with Crippen LogP contribution in [0.3, 0.4) is 0 Å². The number of rotatable bonds is 6. The molecule has 1 saturated carbocycles. The fraction of sp³-hybridized carbons (Fsp3) is 0.417. The predicted octanol–water partition coefficient (Wildman–Crippen LogP) is 1.15. The monoisotopic (exact) mass is 281 g/mol. The first-order valence-corrected chi connectivity index (χ1v) is 7.72. The highest BCUT2D eigenvalue weighted by Gasteiger charge is 2.36. The van der Waals surface area contributed by atoms with Crippen LogP contribution in [-0.2, 0) is 10.0 Å². The SMILES string of the molecule is O=S(=O)(NCC(c1ccco1)n1cccn1)C1CC1. The number of furan rings is 1. The zero-order valence-corrected chi connectivity index (χ0v) is 11.1. The van der Waals surface area contributed by atoms with Crippen LogP contribution < -0.4 is 4.72 Å². The summed E-state index contributed by atoms with van der Waals surface area (Å²) in [5.41, 5.74) is 0. The molecule has 0 bridgehead atoms. The molecule has 1 atom stereocenters. The highest BCUT2D eigenvalue weighted by atomic mass is 32.2. The highest BCUT2D eigenvalue weighted by Crippen LogP contribution is 2.28. The summed E-state index contributed by atoms with van der Waals surface area (Å²) >= 11 is 0. The van der Waals surface area contributed by atoms with Crippen molar-refractivity contribution in [2.75, 3.05) is 6.54 Å². The van der Waals surface area contributed by atoms with E-state index in [-0.39, 0.29) is 17.8 Å². The summed E-state index contributed by atoms with van der Waals surface area (Å²) in [7, 11) is -3.20. The maximum atomic E-state index is 11.9. The quantitative estimate of drug-likeness (QED) is 0.861. The Hall–Kier alpha value is -1.60. The number of hydrogen-bond donors (Lipinski definition) is 1. The molecule has 0 aromatic carbocycles. The second-order valence-electron chi connectivity index (χ2n) is 4.61. The molecule has 19 heavy (non-hydrogen) atoms. The molecule has 1 unspecified atom stereocenters. The third-order valence-electron chi connectivity index (χ3n) is 3.16. The Morgan fingerprint density at radius 3 is 2.89 bits per heavy atom. The standard InChI is InChI=1S/C12H15N3O3S/c16-19(17,10-4-5-10)14-9-11(12-3-1-8-18-12)15-7-2-6-13-15/h1-3,6-8,10-11,14H,4-5,9H2. The fourth-order valence-electron chi connectivity index (χ4n) is 1.96. The normalized spacial score (nSPS) is 17.5. The molecule has 1 aliphatic carbocycles. The lowest BCUT2D eigenvalue weighted by Crippen LogP contribution is -2.33. The summed E-state index contributed by atoms with van der Waals surface area (Å²) in [6.45, 7) is 0.244. The van der Waals surface area contributed by atoms with Crippen LogP contribution in [0.25, 0.3) is 0 Å². The van der Waals surface area contributed by atoms with Crippen molar-refractivity contribution < 1.29 is 12.8 Å². The van der Waals surface area contributed by atoms with Gasteiger partial charge >= 0.3 is 0 Å². The van der Waals surface area contributed by atoms with Crippen molar-refractivity contribution in [3.05, 3.63) is 42.6 Å². The van der Waals surface area contributed by atoms with Crippen LogP contribution in [0.5, 0.6) is 0 Å². The van der Waals surface area contributed by atoms with Crippen molar-refractivity contribution in [1.82, 2.24) is 14.5 Å². The van der Waals surface area contributed by atoms with Crippen LogP contribution in [0, 0.1) is 0 Å². The third kappa shape index (κ3) is 2.71. The molecule has 0 radical (unpaired) electrons. The van der Waals surface area contributed by atoms with E-state index < -0.39 is 10.0 Å². The summed E-state index contributed by atoms with van der Waals surface area (Å²) in [4.78, 5) is 0. The number of aromatic nitrogens is 2. The second kappa shape index (κ2) is 4.82. The van der Waals surface area contributed by atoms with Gasteiger partial charge in [0, 0.05) is 18.9 Å². The van der Waals surface area contributed by atoms with Crippen LogP contribution in [0.4, 0.5) is 0 Å². The lowest BCUT2D eigenvalue weighted by molar-refractivity contribution is 0.402. The number of hydrogen-bond acceptors (Lipinski definition) is 4. The molecule has 6 nitrogen and oxygen atoms in total. The van der Waals surface area contributed by atoms with E-state index in [0.717, 1.165) is 12.8 Å². The van der Waals surface area contributed by atoms with Gasteiger partial charge in [-0.3, -0.25) is 4.68 Å². The van der Waals surface area contributed by atoms with Gasteiger partial charge in [-0.2, -0.15) is 5.10 Å². The Morgan fingerprint density at radius 2 is 2.32 bits per heavy atom. The Morgan fingerprint density at radius 1 is 1.47 bits per heavy atom. The van der Waals surface area contributed by atoms with E-state index in [1.54, 1.807) is 35.5 Å². The van der Waals surface area contributed by atoms with Crippen LogP contribution in [0.15, 0.2) is 41.3 Å². The van der Waals surface area contributed by atoms with Crippen molar-refractivity contribution in [2.24, 2.45) is 0 Å². The number of sulfonamides is 1. The summed E-state index contributed by atoms with van der Waals surface area (Å²) in [5, 5.41) is 3.94. The number of nitrogens with zero attached hydrogens (tertiary/aromatic N) is 2. The smallest absolute Gasteiger partial charge is 0.214 e. The average molecular weight is 281 g/mol. The van der Waals surface area contributed by atoms with E-state index in [4.69, 9.17) is 4.42 Å². The molecule has 0 saturated heterocycles. The lowest BCUT2D eigenvalue weighted by atomic mass is 10.2. The van der Waals surface area contributed by atoms with E-state index in [1.807, 2.05) is 6.07 Å². The van der Waals surface area contributed by atoms with E-state index in [1.165, 1.54) is 0 Å². The van der Waals surface area contributed by atoms with Gasteiger partial charge in [-0.1, -0.05) is 0 Å². The van der Waals surface area contributed by atoms with Crippen molar-refractivity contribution >= 4 is 10.0 Å². The molecule has 0 aliphatic heterocycles. The Kier molecular flexibility index (Phi) is 3.16. The zero-order valence-electron chi connectivity index (χ0n) is 10.3. The van der Waals surface area contributed by atoms with Gasteiger partial charge in [-0.05, 0) is 31.0 Å². The van der Waals surface area contributed by atoms with Gasteiger partial charge < -0.3 is 4.42 Å². The van der Waals surface area contributed by atoms with Crippen molar-refractivity contribution in [2.45, 2.75) is 24.1 Å². The Labute approximate surface area is 111 Å². The molecular formula is C12H15N3O3S. The predicted molar refractivity (Wildman–Crippen MR) is 69.0 cm³/mol. The average Bonchev–Trinajstić information content (AvgIpc) is 2.91. The first kappa shape index (κ1) is 12.4. The molecule has 1 aliphatic rings. The highest BCUT2D eigenvalue weighted by molar-refractivity contribution is 7.90. The molecule has 2 aromatic heterocycles. The zero-order chi connectivity index (χ0) is 13.3. The maximum Gasteiger partial charge on any atom is 0.214 e. The van der Waals surface area contributed by atoms with Crippen LogP contribution in [0.1, 0.15) is 24.6 Å². The Balaban J connectivity index is 1.77. The first-order chi connectivity index (χ1) is 9.17. The molecule has 3 rings (SSSR count). The van der Waals surface area contributed by atoms with Crippen LogP contribution >= 0.6 is 0 Å². The molecule has 2 heterocycles. The molecule has 1 fully saturated rings. The molecule has 0 amide bonds. The summed E-state index contributed by atoms with van der Waals surface area (Å²) in [6, 6.07) is 5.13. The van der Waals surface area contributed by atoms with E-state index in [9.17, 15) is 8.42 Å². The molecule has 2 aromatic rings. The first-order valence-electron chi connectivity index (χ1n) is 6.18. The van der Waals surface area contributed by atoms with Crippen LogP contribution in [0.2, 0.25) is 0 Å². The minimum absolute atomic E-state index is 0.220.